The first-order valence-electron chi connectivity index (χ1n) is 8.71. The summed E-state index contributed by atoms with van der Waals surface area (Å²) in [6, 6.07) is 5.26. The molecule has 0 saturated carbocycles. The molecule has 28 heavy (non-hydrogen) atoms. The molecule has 1 N–H and O–H groups in total. The molecular formula is C19H22N4O5. The first kappa shape index (κ1) is 19.4. The van der Waals surface area contributed by atoms with E-state index in [-0.39, 0.29) is 11.6 Å². The zero-order valence-corrected chi connectivity index (χ0v) is 16.3. The van der Waals surface area contributed by atoms with Gasteiger partial charge < -0.3 is 10.3 Å². The Morgan fingerprint density at radius 1 is 1.00 bits per heavy atom. The van der Waals surface area contributed by atoms with Crippen molar-refractivity contribution in [3.63, 3.8) is 0 Å². The minimum atomic E-state index is -1.29. The van der Waals surface area contributed by atoms with Crippen LogP contribution in [0.1, 0.15) is 28.7 Å². The Kier molecular flexibility index (Phi) is 4.62. The van der Waals surface area contributed by atoms with E-state index in [2.05, 4.69) is 0 Å². The minimum absolute atomic E-state index is 0.0162. The van der Waals surface area contributed by atoms with E-state index in [1.54, 1.807) is 37.6 Å². The number of aromatic nitrogens is 2. The summed E-state index contributed by atoms with van der Waals surface area (Å²) >= 11 is 0. The molecule has 1 fully saturated rings. The van der Waals surface area contributed by atoms with Gasteiger partial charge in [0, 0.05) is 27.9 Å². The van der Waals surface area contributed by atoms with Gasteiger partial charge in [-0.05, 0) is 17.7 Å². The molecule has 1 aliphatic heterocycles. The van der Waals surface area contributed by atoms with Crippen LogP contribution in [-0.2, 0) is 16.6 Å². The maximum atomic E-state index is 12.9. The molecule has 1 atom stereocenters. The quantitative estimate of drug-likeness (QED) is 0.476. The molecule has 9 nitrogen and oxygen atoms in total. The highest BCUT2D eigenvalue weighted by atomic mass is 16.5. The molecule has 2 heterocycles. The van der Waals surface area contributed by atoms with E-state index in [9.17, 15) is 24.7 Å². The van der Waals surface area contributed by atoms with Gasteiger partial charge in [-0.15, -0.1) is 0 Å². The predicted octanol–water partition coefficient (Wildman–Crippen LogP) is 0.779. The van der Waals surface area contributed by atoms with E-state index in [0.717, 1.165) is 9.80 Å². The summed E-state index contributed by atoms with van der Waals surface area (Å²) in [5, 5.41) is 22.5. The van der Waals surface area contributed by atoms with Crippen LogP contribution in [0, 0.1) is 25.0 Å². The van der Waals surface area contributed by atoms with Crippen molar-refractivity contribution in [3.05, 3.63) is 52.2 Å². The van der Waals surface area contributed by atoms with Crippen molar-refractivity contribution in [3.8, 4) is 5.75 Å². The average molecular weight is 386 g/mol. The van der Waals surface area contributed by atoms with Crippen molar-refractivity contribution >= 4 is 17.8 Å². The number of carbonyl (C=O) groups excluding carboxylic acids is 3. The summed E-state index contributed by atoms with van der Waals surface area (Å²) in [5.74, 6) is -3.35. The van der Waals surface area contributed by atoms with Crippen molar-refractivity contribution in [2.45, 2.75) is 19.8 Å². The second-order valence-corrected chi connectivity index (χ2v) is 7.01. The van der Waals surface area contributed by atoms with E-state index >= 15 is 0 Å². The highest BCUT2D eigenvalue weighted by molar-refractivity contribution is 6.16. The maximum absolute atomic E-state index is 12.9. The molecule has 1 aromatic heterocycles. The van der Waals surface area contributed by atoms with Crippen LogP contribution >= 0.6 is 0 Å². The van der Waals surface area contributed by atoms with Gasteiger partial charge in [-0.25, -0.2) is 14.1 Å². The number of barbiturate groups is 1. The third kappa shape index (κ3) is 2.70. The molecule has 0 spiro atoms. The lowest BCUT2D eigenvalue weighted by atomic mass is 9.82. The largest absolute Gasteiger partial charge is 0.711 e. The molecule has 0 unspecified atom stereocenters. The molecule has 1 aliphatic rings. The lowest BCUT2D eigenvalue weighted by Gasteiger charge is -2.35. The van der Waals surface area contributed by atoms with E-state index in [0.29, 0.717) is 21.7 Å². The number of phenols is 1. The Labute approximate surface area is 162 Å². The topological polar surface area (TPSA) is 110 Å². The number of amides is 4. The number of phenolic OH excluding ortho intramolecular Hbond substituents is 1. The molecule has 1 saturated heterocycles. The summed E-state index contributed by atoms with van der Waals surface area (Å²) in [5.41, 5.74) is 1.66. The number of imidazole rings is 1. The second-order valence-electron chi connectivity index (χ2n) is 7.01. The van der Waals surface area contributed by atoms with E-state index in [1.807, 2.05) is 0 Å². The van der Waals surface area contributed by atoms with Gasteiger partial charge >= 0.3 is 6.03 Å². The number of aromatic hydroxyl groups is 1. The number of hydrogen-bond acceptors (Lipinski definition) is 5. The SMILES string of the molecule is Cc1c(C)[n+]([O-])c([C@@H](c2ccc(O)cc2)C2C(=O)N(C)C(=O)N(C)C2=O)n1C. The summed E-state index contributed by atoms with van der Waals surface area (Å²) < 4.78 is 2.36. The van der Waals surface area contributed by atoms with Gasteiger partial charge in [0.25, 0.3) is 5.82 Å². The second kappa shape index (κ2) is 6.66. The smallest absolute Gasteiger partial charge is 0.332 e. The zero-order chi connectivity index (χ0) is 20.9. The maximum Gasteiger partial charge on any atom is 0.332 e. The Bertz CT molecular complexity index is 930. The minimum Gasteiger partial charge on any atom is -0.711 e. The lowest BCUT2D eigenvalue weighted by molar-refractivity contribution is -0.621. The summed E-state index contributed by atoms with van der Waals surface area (Å²) in [7, 11) is 4.30. The molecule has 4 amide bonds. The molecule has 1 aromatic carbocycles. The lowest BCUT2D eigenvalue weighted by Crippen LogP contribution is -2.59. The number of urea groups is 1. The predicted molar refractivity (Wildman–Crippen MR) is 98.2 cm³/mol. The van der Waals surface area contributed by atoms with E-state index in [1.165, 1.54) is 26.2 Å². The fraction of sp³-hybridized carbons (Fsp3) is 0.368. The standard InChI is InChI=1S/C19H22N4O5/c1-10-11(2)23(28)16(20(10)3)14(12-6-8-13(24)9-7-12)15-17(25)21(4)19(27)22(5)18(15)26/h6-9,14-15,24H,1-5H3/t14-/m0/s1. The van der Waals surface area contributed by atoms with Gasteiger partial charge in [-0.2, -0.15) is 0 Å². The molecule has 2 aromatic rings. The number of rotatable bonds is 3. The highest BCUT2D eigenvalue weighted by Gasteiger charge is 2.51. The van der Waals surface area contributed by atoms with Crippen LogP contribution in [-0.4, -0.2) is 51.4 Å². The van der Waals surface area contributed by atoms with Gasteiger partial charge in [-0.3, -0.25) is 19.4 Å². The van der Waals surface area contributed by atoms with Crippen molar-refractivity contribution in [1.82, 2.24) is 14.4 Å². The first-order valence-corrected chi connectivity index (χ1v) is 8.71. The highest BCUT2D eigenvalue weighted by Crippen LogP contribution is 2.36. The van der Waals surface area contributed by atoms with Crippen molar-refractivity contribution in [2.75, 3.05) is 14.1 Å². The Balaban J connectivity index is 2.27. The fourth-order valence-corrected chi connectivity index (χ4v) is 3.60. The average Bonchev–Trinajstić information content (AvgIpc) is 2.86. The van der Waals surface area contributed by atoms with E-state index in [4.69, 9.17) is 0 Å². The molecule has 0 aliphatic carbocycles. The summed E-state index contributed by atoms with van der Waals surface area (Å²) in [6.07, 6.45) is 0. The molecular weight excluding hydrogens is 364 g/mol. The van der Waals surface area contributed by atoms with Gasteiger partial charge in [0.05, 0.1) is 7.05 Å². The van der Waals surface area contributed by atoms with Crippen LogP contribution in [0.5, 0.6) is 5.75 Å². The normalized spacial score (nSPS) is 16.8. The van der Waals surface area contributed by atoms with Crippen LogP contribution < -0.4 is 4.73 Å². The number of nitrogens with zero attached hydrogens (tertiary/aromatic N) is 4. The van der Waals surface area contributed by atoms with E-state index < -0.39 is 29.7 Å². The fourth-order valence-electron chi connectivity index (χ4n) is 3.60. The Morgan fingerprint density at radius 3 is 1.93 bits per heavy atom. The van der Waals surface area contributed by atoms with Gasteiger partial charge in [0.15, 0.2) is 0 Å². The van der Waals surface area contributed by atoms with Crippen molar-refractivity contribution < 1.29 is 24.2 Å². The molecule has 148 valence electrons. The number of carbonyl (C=O) groups is 3. The zero-order valence-electron chi connectivity index (χ0n) is 16.3. The molecule has 9 heteroatoms. The van der Waals surface area contributed by atoms with Crippen LogP contribution in [0.15, 0.2) is 24.3 Å². The monoisotopic (exact) mass is 386 g/mol. The number of imide groups is 2. The molecule has 3 rings (SSSR count). The van der Waals surface area contributed by atoms with Crippen LogP contribution in [0.3, 0.4) is 0 Å². The summed E-state index contributed by atoms with van der Waals surface area (Å²) in [4.78, 5) is 39.8. The van der Waals surface area contributed by atoms with Gasteiger partial charge in [0.1, 0.15) is 29.0 Å². The molecule has 0 bridgehead atoms. The van der Waals surface area contributed by atoms with Crippen molar-refractivity contribution in [1.29, 1.82) is 0 Å². The third-order valence-electron chi connectivity index (χ3n) is 5.51. The Hall–Kier alpha value is -3.36. The van der Waals surface area contributed by atoms with Gasteiger partial charge in [0.2, 0.25) is 11.8 Å². The first-order chi connectivity index (χ1) is 13.1. The number of hydrogen-bond donors (Lipinski definition) is 1. The molecule has 0 radical (unpaired) electrons. The van der Waals surface area contributed by atoms with Crippen LogP contribution in [0.2, 0.25) is 0 Å². The van der Waals surface area contributed by atoms with Crippen LogP contribution in [0.25, 0.3) is 0 Å². The van der Waals surface area contributed by atoms with Crippen LogP contribution in [0.4, 0.5) is 4.79 Å². The number of benzene rings is 1. The van der Waals surface area contributed by atoms with Crippen molar-refractivity contribution in [2.24, 2.45) is 13.0 Å². The Morgan fingerprint density at radius 2 is 1.50 bits per heavy atom. The summed E-state index contributed by atoms with van der Waals surface area (Å²) in [6.45, 7) is 3.43. The third-order valence-corrected chi connectivity index (χ3v) is 5.51. The van der Waals surface area contributed by atoms with Gasteiger partial charge in [-0.1, -0.05) is 12.1 Å².